The van der Waals surface area contributed by atoms with Crippen molar-refractivity contribution in [2.75, 3.05) is 5.32 Å². The van der Waals surface area contributed by atoms with E-state index in [0.29, 0.717) is 17.8 Å². The van der Waals surface area contributed by atoms with E-state index in [1.807, 2.05) is 55.5 Å². The van der Waals surface area contributed by atoms with Gasteiger partial charge in [0.1, 0.15) is 11.9 Å². The van der Waals surface area contributed by atoms with Crippen LogP contribution in [0.2, 0.25) is 0 Å². The molecule has 0 aliphatic heterocycles. The molecular weight excluding hydrogens is 338 g/mol. The maximum atomic E-state index is 12.8. The highest BCUT2D eigenvalue weighted by atomic mass is 16.2. The highest BCUT2D eigenvalue weighted by Crippen LogP contribution is 2.09. The molecule has 0 aliphatic carbocycles. The molecule has 2 amide bonds. The quantitative estimate of drug-likeness (QED) is 0.709. The molecule has 2 aromatic carbocycles. The van der Waals surface area contributed by atoms with Gasteiger partial charge in [0.15, 0.2) is 0 Å². The van der Waals surface area contributed by atoms with E-state index >= 15 is 0 Å². The topological polar surface area (TPSA) is 71.1 Å². The van der Waals surface area contributed by atoms with E-state index in [1.54, 1.807) is 30.3 Å². The Bertz CT molecular complexity index is 911. The van der Waals surface area contributed by atoms with Crippen LogP contribution in [0.5, 0.6) is 0 Å². The third kappa shape index (κ3) is 5.25. The largest absolute Gasteiger partial charge is 0.340 e. The Morgan fingerprint density at radius 3 is 2.22 bits per heavy atom. The molecule has 1 heterocycles. The summed E-state index contributed by atoms with van der Waals surface area (Å²) in [7, 11) is 0. The van der Waals surface area contributed by atoms with Crippen LogP contribution >= 0.6 is 0 Å². The van der Waals surface area contributed by atoms with Gasteiger partial charge in [-0.05, 0) is 36.8 Å². The summed E-state index contributed by atoms with van der Waals surface area (Å²) in [4.78, 5) is 29.7. The Labute approximate surface area is 158 Å². The van der Waals surface area contributed by atoms with Crippen LogP contribution in [0.15, 0.2) is 78.9 Å². The number of rotatable bonds is 6. The zero-order valence-corrected chi connectivity index (χ0v) is 15.1. The lowest BCUT2D eigenvalue weighted by atomic mass is 10.0. The average molecular weight is 359 g/mol. The van der Waals surface area contributed by atoms with Crippen LogP contribution in [0, 0.1) is 6.92 Å². The molecule has 0 aliphatic rings. The first-order chi connectivity index (χ1) is 13.1. The lowest BCUT2D eigenvalue weighted by Crippen LogP contribution is -2.45. The maximum Gasteiger partial charge on any atom is 0.251 e. The number of aromatic nitrogens is 1. The van der Waals surface area contributed by atoms with E-state index in [-0.39, 0.29) is 11.8 Å². The molecule has 3 rings (SSSR count). The van der Waals surface area contributed by atoms with Crippen LogP contribution in [0.3, 0.4) is 0 Å². The maximum absolute atomic E-state index is 12.8. The van der Waals surface area contributed by atoms with Crippen LogP contribution < -0.4 is 10.6 Å². The van der Waals surface area contributed by atoms with E-state index in [9.17, 15) is 9.59 Å². The van der Waals surface area contributed by atoms with Gasteiger partial charge in [-0.25, -0.2) is 4.98 Å². The summed E-state index contributed by atoms with van der Waals surface area (Å²) in [6.45, 7) is 1.86. The monoisotopic (exact) mass is 359 g/mol. The van der Waals surface area contributed by atoms with Crippen LogP contribution in [0.1, 0.15) is 21.6 Å². The second-order valence-corrected chi connectivity index (χ2v) is 6.24. The van der Waals surface area contributed by atoms with Gasteiger partial charge in [-0.1, -0.05) is 54.6 Å². The fourth-order valence-electron chi connectivity index (χ4n) is 2.72. The Morgan fingerprint density at radius 1 is 0.889 bits per heavy atom. The van der Waals surface area contributed by atoms with Crippen molar-refractivity contribution in [2.45, 2.75) is 19.4 Å². The number of pyridine rings is 1. The Kier molecular flexibility index (Phi) is 5.94. The van der Waals surface area contributed by atoms with Gasteiger partial charge >= 0.3 is 0 Å². The van der Waals surface area contributed by atoms with Gasteiger partial charge in [-0.15, -0.1) is 0 Å². The summed E-state index contributed by atoms with van der Waals surface area (Å²) < 4.78 is 0. The number of hydrogen-bond donors (Lipinski definition) is 2. The fraction of sp³-hybridized carbons (Fsp3) is 0.136. The van der Waals surface area contributed by atoms with Gasteiger partial charge in [0, 0.05) is 17.7 Å². The zero-order chi connectivity index (χ0) is 19.1. The number of nitrogens with one attached hydrogen (secondary N) is 2. The van der Waals surface area contributed by atoms with Gasteiger partial charge < -0.3 is 10.6 Å². The minimum absolute atomic E-state index is 0.288. The number of benzene rings is 2. The molecule has 136 valence electrons. The second-order valence-electron chi connectivity index (χ2n) is 6.24. The highest BCUT2D eigenvalue weighted by molar-refractivity contribution is 6.01. The number of amides is 2. The first-order valence-corrected chi connectivity index (χ1v) is 8.76. The smallest absolute Gasteiger partial charge is 0.251 e. The minimum Gasteiger partial charge on any atom is -0.340 e. The molecule has 3 aromatic rings. The summed E-state index contributed by atoms with van der Waals surface area (Å²) in [5, 5.41) is 5.63. The first kappa shape index (κ1) is 18.3. The van der Waals surface area contributed by atoms with E-state index in [1.165, 1.54) is 0 Å². The number of aryl methyl sites for hydroxylation is 1. The summed E-state index contributed by atoms with van der Waals surface area (Å²) >= 11 is 0. The molecule has 0 fully saturated rings. The molecule has 2 N–H and O–H groups in total. The van der Waals surface area contributed by atoms with E-state index in [2.05, 4.69) is 15.6 Å². The summed E-state index contributed by atoms with van der Waals surface area (Å²) in [6, 6.07) is 23.1. The van der Waals surface area contributed by atoms with E-state index < -0.39 is 6.04 Å². The van der Waals surface area contributed by atoms with Crippen molar-refractivity contribution in [1.82, 2.24) is 10.3 Å². The third-order valence-electron chi connectivity index (χ3n) is 4.08. The van der Waals surface area contributed by atoms with Gasteiger partial charge in [-0.2, -0.15) is 0 Å². The van der Waals surface area contributed by atoms with Crippen molar-refractivity contribution in [3.8, 4) is 0 Å². The molecule has 0 saturated carbocycles. The number of carbonyl (C=O) groups is 2. The Hall–Kier alpha value is -3.47. The van der Waals surface area contributed by atoms with Gasteiger partial charge in [0.05, 0.1) is 0 Å². The molecule has 0 radical (unpaired) electrons. The summed E-state index contributed by atoms with van der Waals surface area (Å²) in [6.07, 6.45) is 0.386. The number of nitrogens with zero attached hydrogens (tertiary/aromatic N) is 1. The van der Waals surface area contributed by atoms with Gasteiger partial charge in [0.25, 0.3) is 5.91 Å². The normalized spacial score (nSPS) is 11.4. The summed E-state index contributed by atoms with van der Waals surface area (Å²) in [5.41, 5.74) is 2.28. The predicted molar refractivity (Wildman–Crippen MR) is 105 cm³/mol. The minimum atomic E-state index is -0.720. The second kappa shape index (κ2) is 8.76. The predicted octanol–water partition coefficient (Wildman–Crippen LogP) is 3.37. The summed E-state index contributed by atoms with van der Waals surface area (Å²) in [5.74, 6) is -0.128. The van der Waals surface area contributed by atoms with Crippen molar-refractivity contribution in [3.05, 3.63) is 95.7 Å². The van der Waals surface area contributed by atoms with Crippen molar-refractivity contribution >= 4 is 17.6 Å². The van der Waals surface area contributed by atoms with Gasteiger partial charge in [0.2, 0.25) is 5.91 Å². The van der Waals surface area contributed by atoms with Crippen molar-refractivity contribution in [3.63, 3.8) is 0 Å². The van der Waals surface area contributed by atoms with Crippen molar-refractivity contribution < 1.29 is 9.59 Å². The molecular formula is C22H21N3O2. The number of hydrogen-bond acceptors (Lipinski definition) is 3. The molecule has 0 spiro atoms. The van der Waals surface area contributed by atoms with Crippen LogP contribution in [-0.2, 0) is 11.2 Å². The van der Waals surface area contributed by atoms with Crippen LogP contribution in [0.25, 0.3) is 0 Å². The first-order valence-electron chi connectivity index (χ1n) is 8.76. The molecule has 1 aromatic heterocycles. The molecule has 0 saturated heterocycles. The zero-order valence-electron chi connectivity index (χ0n) is 15.1. The van der Waals surface area contributed by atoms with Gasteiger partial charge in [-0.3, -0.25) is 9.59 Å². The van der Waals surface area contributed by atoms with Crippen molar-refractivity contribution in [2.24, 2.45) is 0 Å². The van der Waals surface area contributed by atoms with Crippen molar-refractivity contribution in [1.29, 1.82) is 0 Å². The average Bonchev–Trinajstić information content (AvgIpc) is 2.69. The van der Waals surface area contributed by atoms with Crippen LogP contribution in [-0.4, -0.2) is 22.8 Å². The van der Waals surface area contributed by atoms with E-state index in [0.717, 1.165) is 11.3 Å². The van der Waals surface area contributed by atoms with Crippen LogP contribution in [0.4, 0.5) is 5.82 Å². The number of carbonyl (C=O) groups excluding carboxylic acids is 2. The molecule has 1 atom stereocenters. The molecule has 27 heavy (non-hydrogen) atoms. The molecule has 0 unspecified atom stereocenters. The lowest BCUT2D eigenvalue weighted by molar-refractivity contribution is -0.118. The standard InChI is InChI=1S/C22H21N3O2/c1-16-9-8-14-20(23-16)25-22(27)19(15-17-10-4-2-5-11-17)24-21(26)18-12-6-3-7-13-18/h2-14,19H,15H2,1H3,(H,24,26)(H,23,25,27)/t19-/m0/s1. The Balaban J connectivity index is 1.78. The molecule has 5 nitrogen and oxygen atoms in total. The SMILES string of the molecule is Cc1cccc(NC(=O)[C@H](Cc2ccccc2)NC(=O)c2ccccc2)n1. The molecule has 0 bridgehead atoms. The number of anilines is 1. The third-order valence-corrected chi connectivity index (χ3v) is 4.08. The van der Waals surface area contributed by atoms with E-state index in [4.69, 9.17) is 0 Å². The molecule has 5 heteroatoms. The highest BCUT2D eigenvalue weighted by Gasteiger charge is 2.22. The Morgan fingerprint density at radius 2 is 1.56 bits per heavy atom. The fourth-order valence-corrected chi connectivity index (χ4v) is 2.72. The lowest BCUT2D eigenvalue weighted by Gasteiger charge is -2.18.